The smallest absolute Gasteiger partial charge is 0.407 e. The minimum atomic E-state index is -2.43. The molecule has 6 aliphatic rings. The van der Waals surface area contributed by atoms with Gasteiger partial charge < -0.3 is 44.3 Å². The van der Waals surface area contributed by atoms with Crippen molar-refractivity contribution in [1.82, 2.24) is 5.32 Å². The average molecular weight is 455 g/mol. The molecule has 13 heteroatoms. The molecule has 1 amide bonds. The van der Waals surface area contributed by atoms with Crippen LogP contribution in [0.5, 0.6) is 0 Å². The number of carbonyl (C=O) groups excluding carboxylic acids is 4. The van der Waals surface area contributed by atoms with Crippen LogP contribution in [-0.4, -0.2) is 94.4 Å². The number of carbonyl (C=O) groups is 4. The van der Waals surface area contributed by atoms with Crippen LogP contribution in [0.2, 0.25) is 0 Å². The van der Waals surface area contributed by atoms with E-state index >= 15 is 0 Å². The molecular formula is C19H21NO12. The monoisotopic (exact) mass is 455 g/mol. The van der Waals surface area contributed by atoms with Gasteiger partial charge in [0.05, 0.1) is 17.4 Å². The van der Waals surface area contributed by atoms with Crippen molar-refractivity contribution < 1.29 is 58.2 Å². The molecule has 13 nitrogen and oxygen atoms in total. The van der Waals surface area contributed by atoms with Gasteiger partial charge in [0.25, 0.3) is 0 Å². The molecule has 32 heavy (non-hydrogen) atoms. The zero-order chi connectivity index (χ0) is 23.2. The highest BCUT2D eigenvalue weighted by atomic mass is 16.8. The average Bonchev–Trinajstić information content (AvgIpc) is 3.44. The van der Waals surface area contributed by atoms with Crippen LogP contribution in [0.4, 0.5) is 4.79 Å². The predicted molar refractivity (Wildman–Crippen MR) is 92.9 cm³/mol. The second kappa shape index (κ2) is 5.35. The van der Waals surface area contributed by atoms with E-state index in [1.165, 1.54) is 20.9 Å². The maximum absolute atomic E-state index is 13.4. The molecule has 4 aliphatic heterocycles. The van der Waals surface area contributed by atoms with Crippen molar-refractivity contribution in [3.63, 3.8) is 0 Å². The first-order valence-electron chi connectivity index (χ1n) is 10.3. The van der Waals surface area contributed by atoms with Gasteiger partial charge in [0.1, 0.15) is 11.5 Å². The number of fused-ring (bicyclic) bond motifs is 1. The molecule has 2 spiro atoms. The number of nitrogens with one attached hydrogen (secondary N) is 1. The Balaban J connectivity index is 1.72. The van der Waals surface area contributed by atoms with E-state index < -0.39 is 94.7 Å². The van der Waals surface area contributed by atoms with Crippen molar-refractivity contribution in [2.45, 2.75) is 61.9 Å². The Morgan fingerprint density at radius 1 is 1.06 bits per heavy atom. The summed E-state index contributed by atoms with van der Waals surface area (Å²) in [6, 6.07) is 0. The summed E-state index contributed by atoms with van der Waals surface area (Å²) in [5.74, 6) is -5.39. The van der Waals surface area contributed by atoms with Crippen LogP contribution < -0.4 is 5.32 Å². The van der Waals surface area contributed by atoms with Crippen LogP contribution in [0.3, 0.4) is 0 Å². The molecule has 12 atom stereocenters. The van der Waals surface area contributed by atoms with Gasteiger partial charge in [-0.1, -0.05) is 6.92 Å². The van der Waals surface area contributed by atoms with E-state index in [1.807, 2.05) is 0 Å². The Kier molecular flexibility index (Phi) is 3.37. The largest absolute Gasteiger partial charge is 0.456 e. The van der Waals surface area contributed by atoms with E-state index in [2.05, 4.69) is 5.32 Å². The number of aliphatic hydroxyl groups is 3. The third-order valence-electron chi connectivity index (χ3n) is 8.83. The van der Waals surface area contributed by atoms with Crippen molar-refractivity contribution in [1.29, 1.82) is 0 Å². The zero-order valence-electron chi connectivity index (χ0n) is 17.1. The van der Waals surface area contributed by atoms with Crippen LogP contribution in [-0.2, 0) is 38.1 Å². The Bertz CT molecular complexity index is 1000. The highest BCUT2D eigenvalue weighted by Gasteiger charge is 3.05. The molecule has 0 aromatic carbocycles. The van der Waals surface area contributed by atoms with Crippen molar-refractivity contribution in [3.05, 3.63) is 0 Å². The molecule has 4 N–H and O–H groups in total. The van der Waals surface area contributed by atoms with Gasteiger partial charge in [-0.25, -0.2) is 14.4 Å². The van der Waals surface area contributed by atoms with E-state index in [4.69, 9.17) is 23.7 Å². The number of amides is 1. The fourth-order valence-corrected chi connectivity index (χ4v) is 7.68. The molecule has 0 bridgehead atoms. The van der Waals surface area contributed by atoms with Crippen molar-refractivity contribution in [3.8, 4) is 0 Å². The van der Waals surface area contributed by atoms with E-state index in [0.717, 1.165) is 0 Å². The van der Waals surface area contributed by atoms with Crippen LogP contribution in [0, 0.1) is 22.7 Å². The normalized spacial score (nSPS) is 58.5. The van der Waals surface area contributed by atoms with Gasteiger partial charge in [-0.3, -0.25) is 4.79 Å². The summed E-state index contributed by atoms with van der Waals surface area (Å²) >= 11 is 0. The number of alkyl carbamates (subject to hydrolysis) is 1. The number of aliphatic hydroxyl groups excluding tert-OH is 2. The summed E-state index contributed by atoms with van der Waals surface area (Å²) in [5.41, 5.74) is -8.71. The summed E-state index contributed by atoms with van der Waals surface area (Å²) in [6.45, 7) is 2.82. The fraction of sp³-hybridized carbons (Fsp3) is 0.789. The third kappa shape index (κ3) is 1.45. The highest BCUT2D eigenvalue weighted by molar-refractivity contribution is 5.94. The van der Waals surface area contributed by atoms with Crippen LogP contribution in [0.1, 0.15) is 13.8 Å². The van der Waals surface area contributed by atoms with Gasteiger partial charge in [0.15, 0.2) is 23.9 Å². The van der Waals surface area contributed by atoms with Gasteiger partial charge in [0.2, 0.25) is 11.9 Å². The number of esters is 3. The number of ether oxygens (including phenoxy) is 5. The number of hydrogen-bond acceptors (Lipinski definition) is 12. The van der Waals surface area contributed by atoms with E-state index in [9.17, 15) is 34.5 Å². The second-order valence-corrected chi connectivity index (χ2v) is 9.36. The summed E-state index contributed by atoms with van der Waals surface area (Å²) in [5, 5.41) is 36.4. The molecule has 0 aromatic heterocycles. The van der Waals surface area contributed by atoms with Gasteiger partial charge in [-0.15, -0.1) is 0 Å². The predicted octanol–water partition coefficient (Wildman–Crippen LogP) is -3.06. The molecule has 2 aliphatic carbocycles. The summed E-state index contributed by atoms with van der Waals surface area (Å²) in [7, 11) is 1.27. The van der Waals surface area contributed by atoms with Gasteiger partial charge in [0, 0.05) is 13.0 Å². The Labute approximate surface area is 179 Å². The van der Waals surface area contributed by atoms with E-state index in [1.54, 1.807) is 0 Å². The first-order chi connectivity index (χ1) is 15.0. The Hall–Kier alpha value is -2.48. The summed E-state index contributed by atoms with van der Waals surface area (Å²) < 4.78 is 27.7. The number of rotatable bonds is 1. The Morgan fingerprint density at radius 3 is 2.41 bits per heavy atom. The molecule has 4 saturated heterocycles. The van der Waals surface area contributed by atoms with Gasteiger partial charge in [-0.05, 0) is 6.92 Å². The first kappa shape index (κ1) is 20.1. The topological polar surface area (TPSA) is 187 Å². The van der Waals surface area contributed by atoms with Crippen LogP contribution in [0.25, 0.3) is 0 Å². The van der Waals surface area contributed by atoms with E-state index in [-0.39, 0.29) is 0 Å². The molecule has 6 rings (SSSR count). The van der Waals surface area contributed by atoms with Crippen molar-refractivity contribution >= 4 is 24.0 Å². The minimum absolute atomic E-state index is 0.873. The SMILES string of the molecule is CNC(=O)O[C@H]1[C@@H]2OC(=O)[C@@H](C)[C@]2(O)[C@]23OC4OC(=O)[C@H](O)C45[C@H](C)[C@@H](O)C(OC2=O)C153. The minimum Gasteiger partial charge on any atom is -0.456 e. The highest BCUT2D eigenvalue weighted by Crippen LogP contribution is 2.83. The van der Waals surface area contributed by atoms with Gasteiger partial charge in [-0.2, -0.15) is 0 Å². The lowest BCUT2D eigenvalue weighted by atomic mass is 9.54. The molecule has 6 fully saturated rings. The van der Waals surface area contributed by atoms with Crippen LogP contribution >= 0.6 is 0 Å². The maximum atomic E-state index is 13.4. The lowest BCUT2D eigenvalue weighted by molar-refractivity contribution is -0.238. The summed E-state index contributed by atoms with van der Waals surface area (Å²) in [4.78, 5) is 50.8. The molecular weight excluding hydrogens is 434 g/mol. The molecule has 4 heterocycles. The molecule has 174 valence electrons. The van der Waals surface area contributed by atoms with Crippen LogP contribution in [0.15, 0.2) is 0 Å². The molecule has 2 saturated carbocycles. The van der Waals surface area contributed by atoms with Gasteiger partial charge >= 0.3 is 24.0 Å². The van der Waals surface area contributed by atoms with Crippen molar-refractivity contribution in [2.24, 2.45) is 22.7 Å². The molecule has 0 aromatic rings. The fourth-order valence-electron chi connectivity index (χ4n) is 7.68. The summed E-state index contributed by atoms with van der Waals surface area (Å²) in [6.07, 6.45) is -10.6. The first-order valence-corrected chi connectivity index (χ1v) is 10.3. The van der Waals surface area contributed by atoms with E-state index in [0.29, 0.717) is 0 Å². The standard InChI is InChI=1S/C19H21NO12/c1-4-6(21)8-17-9(30-15(26)20-3)10-18(27,5(2)11(23)28-10)19(17,13(25)29-8)32-14-16(4,17)7(22)12(24)31-14/h4-10,14,21-22,27H,1-3H3,(H,20,26)/t4-,5-,6-,7+,8?,9+,10+,14?,16?,17?,18-,19+/m1/s1. The Morgan fingerprint density at radius 2 is 1.75 bits per heavy atom. The molecule has 0 radical (unpaired) electrons. The zero-order valence-corrected chi connectivity index (χ0v) is 17.1. The number of hydrogen-bond donors (Lipinski definition) is 4. The van der Waals surface area contributed by atoms with Crippen molar-refractivity contribution in [2.75, 3.05) is 7.05 Å². The third-order valence-corrected chi connectivity index (χ3v) is 8.83. The quantitative estimate of drug-likeness (QED) is 0.231. The maximum Gasteiger partial charge on any atom is 0.407 e. The second-order valence-electron chi connectivity index (χ2n) is 9.36. The lowest BCUT2D eigenvalue weighted by Crippen LogP contribution is -2.67. The molecule has 4 unspecified atom stereocenters. The lowest BCUT2D eigenvalue weighted by Gasteiger charge is -2.44.